The maximum Gasteiger partial charge on any atom is 0.243 e. The highest BCUT2D eigenvalue weighted by molar-refractivity contribution is 9.10. The van der Waals surface area contributed by atoms with E-state index in [-0.39, 0.29) is 11.8 Å². The van der Waals surface area contributed by atoms with Gasteiger partial charge in [0, 0.05) is 10.4 Å². The second-order valence-electron chi connectivity index (χ2n) is 5.02. The standard InChI is InChI=1S/C15H19BrN2O/c1-11(13-8-5-9-14(16)10-13)17-18-15(19)12-6-3-2-4-7-12/h5,8-10,12H,2-4,6-7H2,1H3,(H,18,19)/b17-11+. The van der Waals surface area contributed by atoms with Gasteiger partial charge in [-0.3, -0.25) is 4.79 Å². The quantitative estimate of drug-likeness (QED) is 0.666. The highest BCUT2D eigenvalue weighted by Crippen LogP contribution is 2.23. The molecule has 0 saturated heterocycles. The lowest BCUT2D eigenvalue weighted by molar-refractivity contribution is -0.125. The Morgan fingerprint density at radius 3 is 2.74 bits per heavy atom. The summed E-state index contributed by atoms with van der Waals surface area (Å²) >= 11 is 3.43. The molecule has 19 heavy (non-hydrogen) atoms. The molecule has 1 fully saturated rings. The molecule has 3 nitrogen and oxygen atoms in total. The third kappa shape index (κ3) is 4.16. The predicted octanol–water partition coefficient (Wildman–Crippen LogP) is 3.87. The van der Waals surface area contributed by atoms with Gasteiger partial charge in [0.05, 0.1) is 5.71 Å². The molecule has 4 heteroatoms. The van der Waals surface area contributed by atoms with E-state index in [2.05, 4.69) is 26.5 Å². The zero-order valence-electron chi connectivity index (χ0n) is 11.2. The van der Waals surface area contributed by atoms with Crippen LogP contribution in [0.25, 0.3) is 0 Å². The van der Waals surface area contributed by atoms with Crippen LogP contribution in [0.5, 0.6) is 0 Å². The summed E-state index contributed by atoms with van der Waals surface area (Å²) in [5, 5.41) is 4.21. The van der Waals surface area contributed by atoms with Gasteiger partial charge in [-0.15, -0.1) is 0 Å². The first-order chi connectivity index (χ1) is 9.16. The molecule has 1 aliphatic carbocycles. The molecule has 0 unspecified atom stereocenters. The van der Waals surface area contributed by atoms with Crippen LogP contribution in [0.3, 0.4) is 0 Å². The summed E-state index contributed by atoms with van der Waals surface area (Å²) < 4.78 is 1.01. The lowest BCUT2D eigenvalue weighted by Gasteiger charge is -2.19. The smallest absolute Gasteiger partial charge is 0.243 e. The van der Waals surface area contributed by atoms with Crippen molar-refractivity contribution in [2.75, 3.05) is 0 Å². The van der Waals surface area contributed by atoms with E-state index in [4.69, 9.17) is 0 Å². The fraction of sp³-hybridized carbons (Fsp3) is 0.467. The lowest BCUT2D eigenvalue weighted by atomic mass is 9.89. The van der Waals surface area contributed by atoms with E-state index in [1.54, 1.807) is 0 Å². The number of nitrogens with zero attached hydrogens (tertiary/aromatic N) is 1. The number of rotatable bonds is 3. The van der Waals surface area contributed by atoms with E-state index >= 15 is 0 Å². The molecule has 0 aromatic heterocycles. The van der Waals surface area contributed by atoms with Gasteiger partial charge in [0.15, 0.2) is 0 Å². The van der Waals surface area contributed by atoms with Crippen LogP contribution in [-0.4, -0.2) is 11.6 Å². The highest BCUT2D eigenvalue weighted by Gasteiger charge is 2.20. The van der Waals surface area contributed by atoms with Gasteiger partial charge in [-0.05, 0) is 37.5 Å². The summed E-state index contributed by atoms with van der Waals surface area (Å²) in [4.78, 5) is 12.0. The number of carbonyl (C=O) groups is 1. The van der Waals surface area contributed by atoms with Crippen LogP contribution in [0.4, 0.5) is 0 Å². The van der Waals surface area contributed by atoms with Crippen molar-refractivity contribution in [3.05, 3.63) is 34.3 Å². The maximum atomic E-state index is 12.0. The minimum Gasteiger partial charge on any atom is -0.273 e. The molecule has 102 valence electrons. The minimum absolute atomic E-state index is 0.0639. The Hall–Kier alpha value is -1.16. The molecule has 0 heterocycles. The molecular formula is C15H19BrN2O. The fourth-order valence-electron chi connectivity index (χ4n) is 2.37. The molecule has 1 aromatic rings. The Morgan fingerprint density at radius 2 is 2.05 bits per heavy atom. The molecule has 1 saturated carbocycles. The van der Waals surface area contributed by atoms with Crippen molar-refractivity contribution in [3.8, 4) is 0 Å². The summed E-state index contributed by atoms with van der Waals surface area (Å²) in [6.45, 7) is 1.91. The van der Waals surface area contributed by atoms with Crippen molar-refractivity contribution < 1.29 is 4.79 Å². The largest absolute Gasteiger partial charge is 0.273 e. The van der Waals surface area contributed by atoms with Crippen LogP contribution >= 0.6 is 15.9 Å². The van der Waals surface area contributed by atoms with Gasteiger partial charge in [0.2, 0.25) is 5.91 Å². The third-order valence-corrected chi connectivity index (χ3v) is 4.05. The molecule has 1 aliphatic rings. The first-order valence-electron chi connectivity index (χ1n) is 6.77. The van der Waals surface area contributed by atoms with Crippen molar-refractivity contribution in [1.29, 1.82) is 0 Å². The molecule has 0 radical (unpaired) electrons. The zero-order valence-corrected chi connectivity index (χ0v) is 12.7. The van der Waals surface area contributed by atoms with Crippen LogP contribution in [0.1, 0.15) is 44.6 Å². The molecule has 0 atom stereocenters. The van der Waals surface area contributed by atoms with Crippen LogP contribution < -0.4 is 5.43 Å². The van der Waals surface area contributed by atoms with Gasteiger partial charge in [0.1, 0.15) is 0 Å². The van der Waals surface area contributed by atoms with Gasteiger partial charge in [0.25, 0.3) is 0 Å². The van der Waals surface area contributed by atoms with Crippen molar-refractivity contribution in [2.24, 2.45) is 11.0 Å². The molecule has 1 amide bonds. The molecule has 1 N–H and O–H groups in total. The van der Waals surface area contributed by atoms with E-state index in [0.29, 0.717) is 0 Å². The van der Waals surface area contributed by atoms with E-state index in [9.17, 15) is 4.79 Å². The third-order valence-electron chi connectivity index (χ3n) is 3.55. The van der Waals surface area contributed by atoms with E-state index < -0.39 is 0 Å². The van der Waals surface area contributed by atoms with Crippen molar-refractivity contribution >= 4 is 27.5 Å². The second-order valence-corrected chi connectivity index (χ2v) is 5.93. The van der Waals surface area contributed by atoms with Crippen molar-refractivity contribution in [1.82, 2.24) is 5.43 Å². The summed E-state index contributed by atoms with van der Waals surface area (Å²) in [6.07, 6.45) is 5.57. The average Bonchev–Trinajstić information content (AvgIpc) is 2.45. The summed E-state index contributed by atoms with van der Waals surface area (Å²) in [5.41, 5.74) is 4.54. The lowest BCUT2D eigenvalue weighted by Crippen LogP contribution is -2.29. The van der Waals surface area contributed by atoms with Crippen LogP contribution in [-0.2, 0) is 4.79 Å². The Morgan fingerprint density at radius 1 is 1.32 bits per heavy atom. The average molecular weight is 323 g/mol. The van der Waals surface area contributed by atoms with Crippen molar-refractivity contribution in [2.45, 2.75) is 39.0 Å². The summed E-state index contributed by atoms with van der Waals surface area (Å²) in [7, 11) is 0. The van der Waals surface area contributed by atoms with Gasteiger partial charge < -0.3 is 0 Å². The topological polar surface area (TPSA) is 41.5 Å². The van der Waals surface area contributed by atoms with Gasteiger partial charge >= 0.3 is 0 Å². The minimum atomic E-state index is 0.0639. The number of carbonyl (C=O) groups excluding carboxylic acids is 1. The van der Waals surface area contributed by atoms with E-state index in [1.165, 1.54) is 6.42 Å². The molecule has 0 aliphatic heterocycles. The molecule has 1 aromatic carbocycles. The molecule has 2 rings (SSSR count). The Balaban J connectivity index is 1.95. The monoisotopic (exact) mass is 322 g/mol. The molecule has 0 spiro atoms. The number of hydrogen-bond donors (Lipinski definition) is 1. The van der Waals surface area contributed by atoms with Crippen LogP contribution in [0.15, 0.2) is 33.8 Å². The number of halogens is 1. The second kappa shape index (κ2) is 6.85. The van der Waals surface area contributed by atoms with Gasteiger partial charge in [-0.1, -0.05) is 47.3 Å². The van der Waals surface area contributed by atoms with Crippen molar-refractivity contribution in [3.63, 3.8) is 0 Å². The van der Waals surface area contributed by atoms with Gasteiger partial charge in [-0.25, -0.2) is 5.43 Å². The summed E-state index contributed by atoms with van der Waals surface area (Å²) in [5.74, 6) is 0.210. The maximum absolute atomic E-state index is 12.0. The first-order valence-corrected chi connectivity index (χ1v) is 7.56. The molecular weight excluding hydrogens is 304 g/mol. The Kier molecular flexibility index (Phi) is 5.14. The SMILES string of the molecule is C/C(=N\NC(=O)C1CCCCC1)c1cccc(Br)c1. The predicted molar refractivity (Wildman–Crippen MR) is 81.1 cm³/mol. The van der Waals surface area contributed by atoms with E-state index in [0.717, 1.165) is 41.4 Å². The number of benzene rings is 1. The Bertz CT molecular complexity index is 479. The molecule has 0 bridgehead atoms. The van der Waals surface area contributed by atoms with E-state index in [1.807, 2.05) is 31.2 Å². The normalized spacial score (nSPS) is 17.3. The van der Waals surface area contributed by atoms with Gasteiger partial charge in [-0.2, -0.15) is 5.10 Å². The summed E-state index contributed by atoms with van der Waals surface area (Å²) in [6, 6.07) is 7.90. The number of amides is 1. The number of hydrazone groups is 1. The highest BCUT2D eigenvalue weighted by atomic mass is 79.9. The number of nitrogens with one attached hydrogen (secondary N) is 1. The fourth-order valence-corrected chi connectivity index (χ4v) is 2.77. The zero-order chi connectivity index (χ0) is 13.7. The van der Waals surface area contributed by atoms with Crippen LogP contribution in [0, 0.1) is 5.92 Å². The van der Waals surface area contributed by atoms with Crippen LogP contribution in [0.2, 0.25) is 0 Å². The number of hydrogen-bond acceptors (Lipinski definition) is 2. The first kappa shape index (κ1) is 14.3. The Labute approximate surface area is 122 Å².